The predicted molar refractivity (Wildman–Crippen MR) is 82.1 cm³/mol. The second-order valence-electron chi connectivity index (χ2n) is 4.64. The molecule has 1 aromatic heterocycles. The predicted octanol–water partition coefficient (Wildman–Crippen LogP) is 2.14. The van der Waals surface area contributed by atoms with Gasteiger partial charge in [0.2, 0.25) is 0 Å². The summed E-state index contributed by atoms with van der Waals surface area (Å²) in [6.45, 7) is 3.97. The number of benzene rings is 1. The number of fused-ring (bicyclic) bond motifs is 1. The molecule has 0 amide bonds. The van der Waals surface area contributed by atoms with Crippen LogP contribution in [0.5, 0.6) is 5.75 Å². The smallest absolute Gasteiger partial charge is 0.302 e. The second-order valence-corrected chi connectivity index (χ2v) is 4.64. The SMILES string of the molecule is CC(=O)OCCOCCOCCOc1ccc2cc[nH]c2c1. The van der Waals surface area contributed by atoms with E-state index in [1.54, 1.807) is 0 Å². The van der Waals surface area contributed by atoms with Crippen molar-refractivity contribution in [3.63, 3.8) is 0 Å². The van der Waals surface area contributed by atoms with Crippen molar-refractivity contribution in [1.82, 2.24) is 4.98 Å². The van der Waals surface area contributed by atoms with Gasteiger partial charge in [0, 0.05) is 24.7 Å². The van der Waals surface area contributed by atoms with Gasteiger partial charge in [0.1, 0.15) is 19.0 Å². The molecule has 0 fully saturated rings. The van der Waals surface area contributed by atoms with Crippen molar-refractivity contribution in [2.24, 2.45) is 0 Å². The molecule has 1 heterocycles. The Morgan fingerprint density at radius 2 is 1.73 bits per heavy atom. The van der Waals surface area contributed by atoms with Crippen LogP contribution >= 0.6 is 0 Å². The quantitative estimate of drug-likeness (QED) is 0.538. The lowest BCUT2D eigenvalue weighted by atomic mass is 10.2. The highest BCUT2D eigenvalue weighted by Gasteiger charge is 1.98. The lowest BCUT2D eigenvalue weighted by molar-refractivity contribution is -0.142. The summed E-state index contributed by atoms with van der Waals surface area (Å²) in [7, 11) is 0. The van der Waals surface area contributed by atoms with E-state index in [1.807, 2.05) is 30.5 Å². The average molecular weight is 307 g/mol. The molecule has 0 aliphatic rings. The summed E-state index contributed by atoms with van der Waals surface area (Å²) in [5, 5.41) is 1.16. The van der Waals surface area contributed by atoms with E-state index >= 15 is 0 Å². The Balaban J connectivity index is 1.48. The number of H-pyrrole nitrogens is 1. The first-order valence-electron chi connectivity index (χ1n) is 7.24. The van der Waals surface area contributed by atoms with Gasteiger partial charge in [-0.05, 0) is 23.6 Å². The zero-order valence-electron chi connectivity index (χ0n) is 12.7. The molecule has 0 spiro atoms. The van der Waals surface area contributed by atoms with Crippen molar-refractivity contribution >= 4 is 16.9 Å². The van der Waals surface area contributed by atoms with E-state index in [2.05, 4.69) is 4.98 Å². The number of esters is 1. The fourth-order valence-corrected chi connectivity index (χ4v) is 1.90. The third-order valence-electron chi connectivity index (χ3n) is 2.93. The average Bonchev–Trinajstić information content (AvgIpc) is 2.96. The summed E-state index contributed by atoms with van der Waals surface area (Å²) in [6.07, 6.45) is 1.90. The van der Waals surface area contributed by atoms with Crippen LogP contribution in [0.15, 0.2) is 30.5 Å². The zero-order chi connectivity index (χ0) is 15.6. The first kappa shape index (κ1) is 16.3. The maximum absolute atomic E-state index is 10.5. The van der Waals surface area contributed by atoms with Gasteiger partial charge in [0.05, 0.1) is 26.4 Å². The van der Waals surface area contributed by atoms with Gasteiger partial charge in [0.15, 0.2) is 0 Å². The third-order valence-corrected chi connectivity index (χ3v) is 2.93. The summed E-state index contributed by atoms with van der Waals surface area (Å²) >= 11 is 0. The Hall–Kier alpha value is -2.05. The van der Waals surface area contributed by atoms with E-state index in [0.717, 1.165) is 16.7 Å². The number of carbonyl (C=O) groups is 1. The van der Waals surface area contributed by atoms with E-state index in [0.29, 0.717) is 33.0 Å². The molecule has 0 atom stereocenters. The number of hydrogen-bond donors (Lipinski definition) is 1. The summed E-state index contributed by atoms with van der Waals surface area (Å²) < 4.78 is 21.0. The molecule has 0 saturated heterocycles. The molecule has 22 heavy (non-hydrogen) atoms. The fraction of sp³-hybridized carbons (Fsp3) is 0.438. The molecular weight excluding hydrogens is 286 g/mol. The largest absolute Gasteiger partial charge is 0.491 e. The lowest BCUT2D eigenvalue weighted by Crippen LogP contribution is -2.13. The summed E-state index contributed by atoms with van der Waals surface area (Å²) in [5.74, 6) is 0.519. The number of aromatic amines is 1. The maximum atomic E-state index is 10.5. The van der Waals surface area contributed by atoms with E-state index < -0.39 is 0 Å². The number of aromatic nitrogens is 1. The Bertz CT molecular complexity index is 581. The van der Waals surface area contributed by atoms with E-state index in [1.165, 1.54) is 6.92 Å². The van der Waals surface area contributed by atoms with E-state index in [4.69, 9.17) is 18.9 Å². The normalized spacial score (nSPS) is 10.8. The van der Waals surface area contributed by atoms with Crippen molar-refractivity contribution in [3.05, 3.63) is 30.5 Å². The third kappa shape index (κ3) is 5.75. The van der Waals surface area contributed by atoms with Crippen LogP contribution in [0, 0.1) is 0 Å². The molecule has 2 aromatic rings. The van der Waals surface area contributed by atoms with Crippen LogP contribution in [0.25, 0.3) is 10.9 Å². The zero-order valence-corrected chi connectivity index (χ0v) is 12.7. The minimum Gasteiger partial charge on any atom is -0.491 e. The number of rotatable bonds is 10. The van der Waals surface area contributed by atoms with Crippen LogP contribution in [0.1, 0.15) is 6.92 Å². The van der Waals surface area contributed by atoms with Crippen molar-refractivity contribution in [1.29, 1.82) is 0 Å². The molecule has 1 aromatic carbocycles. The Labute approximate surface area is 129 Å². The molecular formula is C16H21NO5. The van der Waals surface area contributed by atoms with Crippen molar-refractivity contribution in [3.8, 4) is 5.75 Å². The van der Waals surface area contributed by atoms with Gasteiger partial charge in [-0.25, -0.2) is 0 Å². The van der Waals surface area contributed by atoms with Gasteiger partial charge in [0.25, 0.3) is 0 Å². The van der Waals surface area contributed by atoms with Crippen molar-refractivity contribution < 1.29 is 23.7 Å². The Morgan fingerprint density at radius 3 is 2.50 bits per heavy atom. The Kier molecular flexibility index (Phi) is 6.73. The van der Waals surface area contributed by atoms with Crippen LogP contribution < -0.4 is 4.74 Å². The van der Waals surface area contributed by atoms with Crippen molar-refractivity contribution in [2.45, 2.75) is 6.92 Å². The summed E-state index contributed by atoms with van der Waals surface area (Å²) in [6, 6.07) is 7.93. The second kappa shape index (κ2) is 9.07. The minimum atomic E-state index is -0.297. The van der Waals surface area contributed by atoms with Gasteiger partial charge in [-0.3, -0.25) is 4.79 Å². The van der Waals surface area contributed by atoms with Crippen molar-refractivity contribution in [2.75, 3.05) is 39.6 Å². The van der Waals surface area contributed by atoms with Crippen LogP contribution in [0.2, 0.25) is 0 Å². The highest BCUT2D eigenvalue weighted by atomic mass is 16.6. The summed E-state index contributed by atoms with van der Waals surface area (Å²) in [4.78, 5) is 13.6. The molecule has 120 valence electrons. The van der Waals surface area contributed by atoms with E-state index in [9.17, 15) is 4.79 Å². The molecule has 0 aliphatic heterocycles. The monoisotopic (exact) mass is 307 g/mol. The maximum Gasteiger partial charge on any atom is 0.302 e. The van der Waals surface area contributed by atoms with Gasteiger partial charge in [-0.15, -0.1) is 0 Å². The van der Waals surface area contributed by atoms with Crippen LogP contribution in [0.4, 0.5) is 0 Å². The lowest BCUT2D eigenvalue weighted by Gasteiger charge is -2.08. The van der Waals surface area contributed by atoms with Gasteiger partial charge >= 0.3 is 5.97 Å². The molecule has 6 heteroatoms. The first-order valence-corrected chi connectivity index (χ1v) is 7.24. The van der Waals surface area contributed by atoms with Gasteiger partial charge in [-0.2, -0.15) is 0 Å². The number of hydrogen-bond acceptors (Lipinski definition) is 5. The highest BCUT2D eigenvalue weighted by molar-refractivity contribution is 5.80. The molecule has 0 aliphatic carbocycles. The number of carbonyl (C=O) groups excluding carboxylic acids is 1. The van der Waals surface area contributed by atoms with Crippen LogP contribution in [-0.2, 0) is 19.0 Å². The molecule has 0 unspecified atom stereocenters. The molecule has 0 saturated carbocycles. The first-order chi connectivity index (χ1) is 10.8. The Morgan fingerprint density at radius 1 is 1.00 bits per heavy atom. The number of nitrogens with one attached hydrogen (secondary N) is 1. The summed E-state index contributed by atoms with van der Waals surface area (Å²) in [5.41, 5.74) is 1.06. The molecule has 2 rings (SSSR count). The van der Waals surface area contributed by atoms with Gasteiger partial charge in [-0.1, -0.05) is 0 Å². The molecule has 0 radical (unpaired) electrons. The van der Waals surface area contributed by atoms with Gasteiger partial charge < -0.3 is 23.9 Å². The minimum absolute atomic E-state index is 0.277. The van der Waals surface area contributed by atoms with E-state index in [-0.39, 0.29) is 12.6 Å². The van der Waals surface area contributed by atoms with Crippen LogP contribution in [0.3, 0.4) is 0 Å². The van der Waals surface area contributed by atoms with Crippen LogP contribution in [-0.4, -0.2) is 50.6 Å². The highest BCUT2D eigenvalue weighted by Crippen LogP contribution is 2.19. The fourth-order valence-electron chi connectivity index (χ4n) is 1.90. The number of ether oxygens (including phenoxy) is 4. The topological polar surface area (TPSA) is 69.8 Å². The standard InChI is InChI=1S/C16H21NO5/c1-13(18)21-10-8-19-6-7-20-9-11-22-15-3-2-14-4-5-17-16(14)12-15/h2-5,12,17H,6-11H2,1H3. The molecule has 0 bridgehead atoms. The molecule has 1 N–H and O–H groups in total. The molecule has 6 nitrogen and oxygen atoms in total.